The van der Waals surface area contributed by atoms with E-state index in [1.54, 1.807) is 26.0 Å². The number of hydrogen-bond acceptors (Lipinski definition) is 9. The number of carbonyl (C=O) groups is 3. The van der Waals surface area contributed by atoms with Crippen LogP contribution in [0.2, 0.25) is 0 Å². The molecule has 0 aliphatic rings. The molecule has 3 aromatic rings. The van der Waals surface area contributed by atoms with Crippen LogP contribution in [0.1, 0.15) is 54.6 Å². The lowest BCUT2D eigenvalue weighted by molar-refractivity contribution is 0.0590. The molecule has 0 saturated carbocycles. The molecule has 204 valence electrons. The number of Topliss-reactive ketones (excluding diaryl/α,β-unsaturated/α-hetero) is 1. The minimum Gasteiger partial charge on any atom is -0.465 e. The summed E-state index contributed by atoms with van der Waals surface area (Å²) >= 11 is 0. The molecule has 0 radical (unpaired) electrons. The van der Waals surface area contributed by atoms with Crippen molar-refractivity contribution >= 4 is 27.6 Å². The van der Waals surface area contributed by atoms with Crippen LogP contribution >= 0.6 is 0 Å². The Morgan fingerprint density at radius 2 is 1.45 bits per heavy atom. The van der Waals surface area contributed by atoms with Crippen molar-refractivity contribution in [3.8, 4) is 0 Å². The molecule has 0 spiro atoms. The van der Waals surface area contributed by atoms with Gasteiger partial charge in [-0.15, -0.1) is 0 Å². The molecule has 1 atom stereocenters. The van der Waals surface area contributed by atoms with Gasteiger partial charge in [-0.25, -0.2) is 18.0 Å². The van der Waals surface area contributed by atoms with Crippen LogP contribution < -0.4 is 0 Å². The lowest BCUT2D eigenvalue weighted by Gasteiger charge is -2.20. The van der Waals surface area contributed by atoms with Gasteiger partial charge < -0.3 is 28.1 Å². The summed E-state index contributed by atoms with van der Waals surface area (Å²) in [6, 6.07) is 8.62. The van der Waals surface area contributed by atoms with Crippen molar-refractivity contribution in [1.82, 2.24) is 9.13 Å². The average molecular weight is 547 g/mol. The van der Waals surface area contributed by atoms with Crippen molar-refractivity contribution in [3.63, 3.8) is 0 Å². The van der Waals surface area contributed by atoms with Crippen molar-refractivity contribution in [2.45, 2.75) is 37.5 Å². The molecule has 0 saturated heterocycles. The third-order valence-electron chi connectivity index (χ3n) is 5.79. The van der Waals surface area contributed by atoms with E-state index in [4.69, 9.17) is 18.9 Å². The Labute approximate surface area is 220 Å². The second-order valence-corrected chi connectivity index (χ2v) is 10.4. The van der Waals surface area contributed by atoms with Crippen molar-refractivity contribution in [3.05, 3.63) is 76.9 Å². The Bertz CT molecular complexity index is 1420. The molecule has 11 nitrogen and oxygen atoms in total. The highest BCUT2D eigenvalue weighted by atomic mass is 32.2. The Kier molecular flexibility index (Phi) is 9.26. The highest BCUT2D eigenvalue weighted by Gasteiger charge is 2.40. The second-order valence-electron chi connectivity index (χ2n) is 8.33. The van der Waals surface area contributed by atoms with Gasteiger partial charge in [0.05, 0.1) is 35.9 Å². The van der Waals surface area contributed by atoms with E-state index in [0.29, 0.717) is 6.61 Å². The quantitative estimate of drug-likeness (QED) is 0.248. The number of esters is 2. The van der Waals surface area contributed by atoms with Gasteiger partial charge in [0.15, 0.2) is 15.1 Å². The Hall–Kier alpha value is -3.74. The van der Waals surface area contributed by atoms with Gasteiger partial charge in [0, 0.05) is 31.8 Å². The van der Waals surface area contributed by atoms with E-state index in [2.05, 4.69) is 0 Å². The molecule has 0 aliphatic carbocycles. The first-order chi connectivity index (χ1) is 18.1. The van der Waals surface area contributed by atoms with Crippen molar-refractivity contribution in [1.29, 1.82) is 0 Å². The summed E-state index contributed by atoms with van der Waals surface area (Å²) < 4.78 is 51.1. The number of ketones is 1. The number of hydrogen-bond donors (Lipinski definition) is 0. The lowest BCUT2D eigenvalue weighted by atomic mass is 10.1. The number of methoxy groups -OCH3 is 3. The van der Waals surface area contributed by atoms with E-state index in [1.165, 1.54) is 67.1 Å². The van der Waals surface area contributed by atoms with Gasteiger partial charge in [-0.2, -0.15) is 0 Å². The van der Waals surface area contributed by atoms with Crippen LogP contribution in [0.5, 0.6) is 0 Å². The number of aryl methyl sites for hydroxylation is 1. The minimum atomic E-state index is -4.38. The fraction of sp³-hybridized carbons (Fsp3) is 0.346. The number of carbonyl (C=O) groups excluding carboxylic acids is 3. The maximum Gasteiger partial charge on any atom is 0.339 e. The molecular weight excluding hydrogens is 516 g/mol. The highest BCUT2D eigenvalue weighted by molar-refractivity contribution is 7.92. The smallest absolute Gasteiger partial charge is 0.339 e. The van der Waals surface area contributed by atoms with Crippen LogP contribution in [0.15, 0.2) is 53.7 Å². The second kappa shape index (κ2) is 12.2. The molecule has 38 heavy (non-hydrogen) atoms. The van der Waals surface area contributed by atoms with Crippen molar-refractivity contribution in [2.24, 2.45) is 0 Å². The molecule has 0 bridgehead atoms. The number of nitrogens with zero attached hydrogens (tertiary/aromatic N) is 2. The number of aromatic nitrogens is 2. The third kappa shape index (κ3) is 5.87. The SMILES string of the molecule is CCOCn1cc(C(=O)OC)cc1C(C(=O)c1cc(C(=O)OC)cn1COC)S(=O)(=O)c1ccc(C)cc1. The molecule has 0 N–H and O–H groups in total. The summed E-state index contributed by atoms with van der Waals surface area (Å²) in [5.74, 6) is -2.26. The zero-order valence-electron chi connectivity index (χ0n) is 21.8. The van der Waals surface area contributed by atoms with Gasteiger partial charge in [-0.1, -0.05) is 17.7 Å². The molecule has 1 unspecified atom stereocenters. The molecular formula is C26H30N2O9S. The molecule has 2 aromatic heterocycles. The number of ether oxygens (including phenoxy) is 4. The molecule has 0 amide bonds. The summed E-state index contributed by atoms with van der Waals surface area (Å²) in [6.45, 7) is 3.60. The van der Waals surface area contributed by atoms with Crippen LogP contribution in [0.3, 0.4) is 0 Å². The first-order valence-corrected chi connectivity index (χ1v) is 13.1. The maximum absolute atomic E-state index is 14.1. The first-order valence-electron chi connectivity index (χ1n) is 11.6. The van der Waals surface area contributed by atoms with Crippen molar-refractivity contribution in [2.75, 3.05) is 27.9 Å². The largest absolute Gasteiger partial charge is 0.465 e. The Morgan fingerprint density at radius 1 is 0.868 bits per heavy atom. The predicted molar refractivity (Wildman–Crippen MR) is 136 cm³/mol. The minimum absolute atomic E-state index is 0.00536. The van der Waals surface area contributed by atoms with Crippen LogP contribution in [-0.4, -0.2) is 63.2 Å². The van der Waals surface area contributed by atoms with E-state index in [-0.39, 0.29) is 40.9 Å². The predicted octanol–water partition coefficient (Wildman–Crippen LogP) is 3.17. The summed E-state index contributed by atoms with van der Waals surface area (Å²) in [5.41, 5.74) is 0.808. The van der Waals surface area contributed by atoms with Crippen molar-refractivity contribution < 1.29 is 41.7 Å². The zero-order valence-corrected chi connectivity index (χ0v) is 22.6. The van der Waals surface area contributed by atoms with Gasteiger partial charge in [-0.05, 0) is 38.1 Å². The fourth-order valence-electron chi connectivity index (χ4n) is 3.90. The fourth-order valence-corrected chi connectivity index (χ4v) is 5.62. The highest BCUT2D eigenvalue weighted by Crippen LogP contribution is 2.34. The van der Waals surface area contributed by atoms with Gasteiger partial charge in [0.2, 0.25) is 5.78 Å². The Morgan fingerprint density at radius 3 is 2.00 bits per heavy atom. The monoisotopic (exact) mass is 546 g/mol. The molecule has 3 rings (SSSR count). The van der Waals surface area contributed by atoms with Crippen LogP contribution in [0.4, 0.5) is 0 Å². The van der Waals surface area contributed by atoms with Gasteiger partial charge in [-0.3, -0.25) is 4.79 Å². The molecule has 2 heterocycles. The summed E-state index contributed by atoms with van der Waals surface area (Å²) in [7, 11) is -0.605. The summed E-state index contributed by atoms with van der Waals surface area (Å²) in [6.07, 6.45) is 2.72. The van der Waals surface area contributed by atoms with E-state index < -0.39 is 32.8 Å². The average Bonchev–Trinajstić information content (AvgIpc) is 3.51. The molecule has 12 heteroatoms. The standard InChI is InChI=1S/C26H30N2O9S/c1-6-37-16-28-14-19(26(31)36-5)12-22(28)24(38(32,33)20-9-7-17(2)8-10-20)23(29)21-11-18(25(30)35-4)13-27(21)15-34-3/h7-14,24H,6,15-16H2,1-5H3. The van der Waals surface area contributed by atoms with Crippen LogP contribution in [-0.2, 0) is 42.2 Å². The van der Waals surface area contributed by atoms with E-state index in [0.717, 1.165) is 5.56 Å². The van der Waals surface area contributed by atoms with E-state index >= 15 is 0 Å². The molecule has 0 fully saturated rings. The Balaban J connectivity index is 2.30. The number of rotatable bonds is 12. The topological polar surface area (TPSA) is 132 Å². The maximum atomic E-state index is 14.1. The number of sulfone groups is 1. The summed E-state index contributed by atoms with van der Waals surface area (Å²) in [5, 5.41) is -1.81. The van der Waals surface area contributed by atoms with E-state index in [1.807, 2.05) is 0 Å². The normalized spacial score (nSPS) is 12.2. The van der Waals surface area contributed by atoms with Gasteiger partial charge >= 0.3 is 11.9 Å². The van der Waals surface area contributed by atoms with Gasteiger partial charge in [0.25, 0.3) is 0 Å². The molecule has 1 aromatic carbocycles. The zero-order chi connectivity index (χ0) is 28.0. The van der Waals surface area contributed by atoms with Crippen LogP contribution in [0.25, 0.3) is 0 Å². The molecule has 0 aliphatic heterocycles. The summed E-state index contributed by atoms with van der Waals surface area (Å²) in [4.78, 5) is 38.6. The van der Waals surface area contributed by atoms with Crippen LogP contribution in [0, 0.1) is 6.92 Å². The lowest BCUT2D eigenvalue weighted by Crippen LogP contribution is -2.27. The third-order valence-corrected chi connectivity index (χ3v) is 7.80. The van der Waals surface area contributed by atoms with Gasteiger partial charge in [0.1, 0.15) is 13.5 Å². The number of benzene rings is 1. The van der Waals surface area contributed by atoms with E-state index in [9.17, 15) is 22.8 Å². The first kappa shape index (κ1) is 28.8.